The van der Waals surface area contributed by atoms with Crippen molar-refractivity contribution in [3.8, 4) is 11.8 Å². The predicted molar refractivity (Wildman–Crippen MR) is 79.0 cm³/mol. The van der Waals surface area contributed by atoms with Gasteiger partial charge >= 0.3 is 0 Å². The van der Waals surface area contributed by atoms with Crippen molar-refractivity contribution in [2.75, 3.05) is 6.61 Å². The zero-order chi connectivity index (χ0) is 15.3. The van der Waals surface area contributed by atoms with Crippen molar-refractivity contribution >= 4 is 10.0 Å². The molecular weight excluding hydrogens is 290 g/mol. The highest BCUT2D eigenvalue weighted by Gasteiger charge is 2.28. The van der Waals surface area contributed by atoms with Crippen molar-refractivity contribution in [2.24, 2.45) is 0 Å². The summed E-state index contributed by atoms with van der Waals surface area (Å²) in [5.74, 6) is 5.16. The molecule has 1 aliphatic carbocycles. The van der Waals surface area contributed by atoms with Crippen molar-refractivity contribution in [2.45, 2.75) is 42.7 Å². The van der Waals surface area contributed by atoms with Gasteiger partial charge in [0.1, 0.15) is 6.61 Å². The molecule has 1 fully saturated rings. The van der Waals surface area contributed by atoms with Gasteiger partial charge < -0.3 is 10.2 Å². The number of rotatable bonds is 3. The topological polar surface area (TPSA) is 86.6 Å². The number of hydrogen-bond donors (Lipinski definition) is 3. The molecule has 114 valence electrons. The highest BCUT2D eigenvalue weighted by molar-refractivity contribution is 7.89. The summed E-state index contributed by atoms with van der Waals surface area (Å²) in [6, 6.07) is 5.79. The molecule has 0 aromatic heterocycles. The molecule has 0 heterocycles. The van der Waals surface area contributed by atoms with Crippen LogP contribution in [0.5, 0.6) is 0 Å². The van der Waals surface area contributed by atoms with Crippen LogP contribution >= 0.6 is 0 Å². The summed E-state index contributed by atoms with van der Waals surface area (Å²) in [7, 11) is -3.68. The quantitative estimate of drug-likeness (QED) is 0.714. The first-order chi connectivity index (χ1) is 10.0. The number of hydrogen-bond acceptors (Lipinski definition) is 4. The van der Waals surface area contributed by atoms with Crippen LogP contribution in [0.2, 0.25) is 0 Å². The van der Waals surface area contributed by atoms with Gasteiger partial charge in [-0.25, -0.2) is 13.1 Å². The first-order valence-corrected chi connectivity index (χ1v) is 8.41. The third-order valence-corrected chi connectivity index (χ3v) is 4.98. The van der Waals surface area contributed by atoms with E-state index >= 15 is 0 Å². The fourth-order valence-electron chi connectivity index (χ4n) is 2.40. The Balaban J connectivity index is 2.19. The van der Waals surface area contributed by atoms with Crippen molar-refractivity contribution < 1.29 is 18.6 Å². The van der Waals surface area contributed by atoms with Crippen LogP contribution in [-0.4, -0.2) is 37.4 Å². The Morgan fingerprint density at radius 1 is 1.29 bits per heavy atom. The van der Waals surface area contributed by atoms with E-state index in [2.05, 4.69) is 16.6 Å². The molecule has 1 aromatic rings. The van der Waals surface area contributed by atoms with E-state index in [-0.39, 0.29) is 11.5 Å². The summed E-state index contributed by atoms with van der Waals surface area (Å²) in [6.45, 7) is -0.274. The lowest BCUT2D eigenvalue weighted by Crippen LogP contribution is -2.44. The second kappa shape index (κ2) is 7.05. The molecule has 21 heavy (non-hydrogen) atoms. The largest absolute Gasteiger partial charge is 0.391 e. The van der Waals surface area contributed by atoms with Gasteiger partial charge in [0.25, 0.3) is 0 Å². The summed E-state index contributed by atoms with van der Waals surface area (Å²) in [5, 5.41) is 18.5. The third-order valence-electron chi connectivity index (χ3n) is 3.49. The molecule has 1 aromatic carbocycles. The van der Waals surface area contributed by atoms with E-state index in [4.69, 9.17) is 5.11 Å². The van der Waals surface area contributed by atoms with Gasteiger partial charge in [0.2, 0.25) is 10.0 Å². The standard InChI is InChI=1S/C15H19NO4S/c17-10-4-6-12-5-3-7-13(11-12)21(19,20)16-14-8-1-2-9-15(14)18/h3,5,7,11,14-18H,1-2,8-10H2. The number of aliphatic hydroxyl groups is 2. The van der Waals surface area contributed by atoms with Crippen LogP contribution < -0.4 is 4.72 Å². The Morgan fingerprint density at radius 3 is 2.76 bits per heavy atom. The molecule has 0 amide bonds. The zero-order valence-electron chi connectivity index (χ0n) is 11.6. The minimum atomic E-state index is -3.68. The average Bonchev–Trinajstić information content (AvgIpc) is 2.48. The maximum atomic E-state index is 12.4. The molecule has 2 rings (SSSR count). The second-order valence-electron chi connectivity index (χ2n) is 5.07. The smallest absolute Gasteiger partial charge is 0.240 e. The maximum Gasteiger partial charge on any atom is 0.240 e. The Kier molecular flexibility index (Phi) is 5.37. The Bertz CT molecular complexity index is 645. The van der Waals surface area contributed by atoms with Crippen LogP contribution in [0.1, 0.15) is 31.2 Å². The fraction of sp³-hybridized carbons (Fsp3) is 0.467. The van der Waals surface area contributed by atoms with Gasteiger partial charge in [-0.3, -0.25) is 0 Å². The fourth-order valence-corrected chi connectivity index (χ4v) is 3.75. The first-order valence-electron chi connectivity index (χ1n) is 6.93. The lowest BCUT2D eigenvalue weighted by Gasteiger charge is -2.28. The molecular formula is C15H19NO4S. The molecule has 3 N–H and O–H groups in total. The monoisotopic (exact) mass is 309 g/mol. The highest BCUT2D eigenvalue weighted by Crippen LogP contribution is 2.21. The van der Waals surface area contributed by atoms with Gasteiger partial charge in [-0.15, -0.1) is 0 Å². The number of aliphatic hydroxyl groups excluding tert-OH is 2. The van der Waals surface area contributed by atoms with Crippen LogP contribution in [0.15, 0.2) is 29.2 Å². The van der Waals surface area contributed by atoms with Crippen LogP contribution in [0, 0.1) is 11.8 Å². The van der Waals surface area contributed by atoms with E-state index in [1.807, 2.05) is 0 Å². The molecule has 1 aliphatic rings. The Morgan fingerprint density at radius 2 is 2.05 bits per heavy atom. The van der Waals surface area contributed by atoms with E-state index < -0.39 is 22.2 Å². The molecule has 0 radical (unpaired) electrons. The van der Waals surface area contributed by atoms with Crippen LogP contribution in [-0.2, 0) is 10.0 Å². The van der Waals surface area contributed by atoms with E-state index in [0.717, 1.165) is 12.8 Å². The number of nitrogens with one attached hydrogen (secondary N) is 1. The van der Waals surface area contributed by atoms with Crippen LogP contribution in [0.3, 0.4) is 0 Å². The molecule has 0 saturated heterocycles. The van der Waals surface area contributed by atoms with Crippen molar-refractivity contribution in [1.82, 2.24) is 4.72 Å². The molecule has 0 aliphatic heterocycles. The lowest BCUT2D eigenvalue weighted by molar-refractivity contribution is 0.101. The molecule has 0 bridgehead atoms. The van der Waals surface area contributed by atoms with Gasteiger partial charge in [0.05, 0.1) is 11.0 Å². The third kappa shape index (κ3) is 4.29. The van der Waals surface area contributed by atoms with Gasteiger partial charge in [-0.1, -0.05) is 30.7 Å². The molecule has 5 nitrogen and oxygen atoms in total. The molecule has 1 saturated carbocycles. The molecule has 2 atom stereocenters. The minimum absolute atomic E-state index is 0.116. The van der Waals surface area contributed by atoms with Gasteiger partial charge in [-0.05, 0) is 31.0 Å². The van der Waals surface area contributed by atoms with Crippen molar-refractivity contribution in [1.29, 1.82) is 0 Å². The lowest BCUT2D eigenvalue weighted by atomic mass is 9.93. The van der Waals surface area contributed by atoms with Gasteiger partial charge in [-0.2, -0.15) is 0 Å². The van der Waals surface area contributed by atoms with E-state index in [9.17, 15) is 13.5 Å². The van der Waals surface area contributed by atoms with Crippen molar-refractivity contribution in [3.63, 3.8) is 0 Å². The van der Waals surface area contributed by atoms with E-state index in [1.54, 1.807) is 12.1 Å². The Hall–Kier alpha value is -1.39. The second-order valence-corrected chi connectivity index (χ2v) is 6.78. The molecule has 2 unspecified atom stereocenters. The average molecular weight is 309 g/mol. The Labute approximate surface area is 125 Å². The van der Waals surface area contributed by atoms with Crippen LogP contribution in [0.4, 0.5) is 0 Å². The van der Waals surface area contributed by atoms with Crippen LogP contribution in [0.25, 0.3) is 0 Å². The van der Waals surface area contributed by atoms with Gasteiger partial charge in [0, 0.05) is 11.6 Å². The zero-order valence-corrected chi connectivity index (χ0v) is 12.4. The first kappa shape index (κ1) is 16.0. The highest BCUT2D eigenvalue weighted by atomic mass is 32.2. The van der Waals surface area contributed by atoms with E-state index in [0.29, 0.717) is 18.4 Å². The minimum Gasteiger partial charge on any atom is -0.391 e. The maximum absolute atomic E-state index is 12.4. The SMILES string of the molecule is O=S(=O)(NC1CCCCC1O)c1cccc(C#CCO)c1. The predicted octanol–water partition coefficient (Wildman–Crippen LogP) is 0.612. The summed E-state index contributed by atoms with van der Waals surface area (Å²) in [6.07, 6.45) is 2.46. The molecule has 6 heteroatoms. The summed E-state index contributed by atoms with van der Waals surface area (Å²) < 4.78 is 27.3. The van der Waals surface area contributed by atoms with E-state index in [1.165, 1.54) is 12.1 Å². The summed E-state index contributed by atoms with van der Waals surface area (Å²) in [4.78, 5) is 0.116. The number of benzene rings is 1. The van der Waals surface area contributed by atoms with Crippen molar-refractivity contribution in [3.05, 3.63) is 29.8 Å². The van der Waals surface area contributed by atoms with Gasteiger partial charge in [0.15, 0.2) is 0 Å². The normalized spacial score (nSPS) is 22.4. The summed E-state index contributed by atoms with van der Waals surface area (Å²) >= 11 is 0. The molecule has 0 spiro atoms. The number of sulfonamides is 1. The summed E-state index contributed by atoms with van der Waals surface area (Å²) in [5.41, 5.74) is 0.524.